The predicted molar refractivity (Wildman–Crippen MR) is 98.4 cm³/mol. The first-order valence-corrected chi connectivity index (χ1v) is 8.06. The zero-order chi connectivity index (χ0) is 17.4. The van der Waals surface area contributed by atoms with Gasteiger partial charge >= 0.3 is 0 Å². The maximum atomic E-state index is 9.63. The standard InChI is InChI=1S/C19H14ClN3O2/c1-11-16-18(23-14-3-2-4-15(24)9-14)21-10-22-19(16)25-17(11)12-5-7-13(20)8-6-12/h2-10,24H,1H3,(H,21,22,23). The number of furan rings is 1. The van der Waals surface area contributed by atoms with Crippen LogP contribution in [0, 0.1) is 6.92 Å². The van der Waals surface area contributed by atoms with Crippen LogP contribution >= 0.6 is 11.6 Å². The van der Waals surface area contributed by atoms with E-state index in [2.05, 4.69) is 15.3 Å². The first-order chi connectivity index (χ1) is 12.1. The number of rotatable bonds is 3. The highest BCUT2D eigenvalue weighted by atomic mass is 35.5. The first-order valence-electron chi connectivity index (χ1n) is 7.68. The van der Waals surface area contributed by atoms with Gasteiger partial charge in [-0.3, -0.25) is 0 Å². The molecule has 0 saturated carbocycles. The molecule has 0 aliphatic rings. The molecule has 0 amide bonds. The highest BCUT2D eigenvalue weighted by Crippen LogP contribution is 2.36. The summed E-state index contributed by atoms with van der Waals surface area (Å²) >= 11 is 5.96. The summed E-state index contributed by atoms with van der Waals surface area (Å²) < 4.78 is 5.94. The van der Waals surface area contributed by atoms with E-state index in [0.29, 0.717) is 16.6 Å². The molecule has 0 fully saturated rings. The van der Waals surface area contributed by atoms with Crippen LogP contribution in [0.1, 0.15) is 5.56 Å². The summed E-state index contributed by atoms with van der Waals surface area (Å²) in [6.07, 6.45) is 1.45. The second-order valence-electron chi connectivity index (χ2n) is 5.64. The van der Waals surface area contributed by atoms with E-state index in [4.69, 9.17) is 16.0 Å². The number of anilines is 2. The zero-order valence-corrected chi connectivity index (χ0v) is 14.1. The number of hydrogen-bond acceptors (Lipinski definition) is 5. The number of aryl methyl sites for hydroxylation is 1. The van der Waals surface area contributed by atoms with Crippen molar-refractivity contribution in [2.45, 2.75) is 6.92 Å². The largest absolute Gasteiger partial charge is 0.508 e. The summed E-state index contributed by atoms with van der Waals surface area (Å²) in [5, 5.41) is 14.3. The van der Waals surface area contributed by atoms with E-state index in [1.165, 1.54) is 6.33 Å². The molecule has 6 heteroatoms. The van der Waals surface area contributed by atoms with Gasteiger partial charge in [-0.05, 0) is 43.3 Å². The Morgan fingerprint density at radius 3 is 2.64 bits per heavy atom. The molecule has 0 saturated heterocycles. The van der Waals surface area contributed by atoms with Crippen molar-refractivity contribution < 1.29 is 9.52 Å². The van der Waals surface area contributed by atoms with Crippen molar-refractivity contribution in [1.82, 2.24) is 9.97 Å². The number of phenolic OH excluding ortho intramolecular Hbond substituents is 1. The summed E-state index contributed by atoms with van der Waals surface area (Å²) in [5.74, 6) is 1.53. The fourth-order valence-corrected chi connectivity index (χ4v) is 2.89. The number of hydrogen-bond donors (Lipinski definition) is 2. The summed E-state index contributed by atoms with van der Waals surface area (Å²) in [6.45, 7) is 1.97. The van der Waals surface area contributed by atoms with Crippen molar-refractivity contribution >= 4 is 34.2 Å². The monoisotopic (exact) mass is 351 g/mol. The van der Waals surface area contributed by atoms with Gasteiger partial charge in [-0.15, -0.1) is 0 Å². The van der Waals surface area contributed by atoms with Gasteiger partial charge in [0, 0.05) is 27.9 Å². The lowest BCUT2D eigenvalue weighted by Crippen LogP contribution is -1.95. The molecule has 2 heterocycles. The molecule has 0 aliphatic heterocycles. The molecule has 5 nitrogen and oxygen atoms in total. The van der Waals surface area contributed by atoms with Gasteiger partial charge in [-0.25, -0.2) is 9.97 Å². The van der Waals surface area contributed by atoms with E-state index in [-0.39, 0.29) is 5.75 Å². The Balaban J connectivity index is 1.82. The molecule has 4 aromatic rings. The fourth-order valence-electron chi connectivity index (χ4n) is 2.76. The first kappa shape index (κ1) is 15.5. The van der Waals surface area contributed by atoms with E-state index >= 15 is 0 Å². The second-order valence-corrected chi connectivity index (χ2v) is 6.08. The Labute approximate surface area is 148 Å². The zero-order valence-electron chi connectivity index (χ0n) is 13.3. The van der Waals surface area contributed by atoms with Gasteiger partial charge in [0.1, 0.15) is 23.7 Å². The highest BCUT2D eigenvalue weighted by molar-refractivity contribution is 6.30. The SMILES string of the molecule is Cc1c(-c2ccc(Cl)cc2)oc2ncnc(Nc3cccc(O)c3)c12. The number of nitrogens with zero attached hydrogens (tertiary/aromatic N) is 2. The highest BCUT2D eigenvalue weighted by Gasteiger charge is 2.17. The Morgan fingerprint density at radius 1 is 1.08 bits per heavy atom. The molecule has 0 radical (unpaired) electrons. The third-order valence-corrected chi connectivity index (χ3v) is 4.19. The third-order valence-electron chi connectivity index (χ3n) is 3.94. The number of benzene rings is 2. The molecule has 0 bridgehead atoms. The van der Waals surface area contributed by atoms with Gasteiger partial charge in [0.2, 0.25) is 5.71 Å². The average molecular weight is 352 g/mol. The minimum absolute atomic E-state index is 0.182. The van der Waals surface area contributed by atoms with Gasteiger partial charge in [0.05, 0.1) is 5.39 Å². The van der Waals surface area contributed by atoms with Gasteiger partial charge in [0.15, 0.2) is 0 Å². The summed E-state index contributed by atoms with van der Waals surface area (Å²) in [5.41, 5.74) is 3.08. The molecule has 0 aliphatic carbocycles. The summed E-state index contributed by atoms with van der Waals surface area (Å²) in [7, 11) is 0. The maximum absolute atomic E-state index is 9.63. The Kier molecular flexibility index (Phi) is 3.78. The topological polar surface area (TPSA) is 71.2 Å². The molecule has 0 atom stereocenters. The third kappa shape index (κ3) is 2.90. The van der Waals surface area contributed by atoms with Gasteiger partial charge in [0.25, 0.3) is 0 Å². The van der Waals surface area contributed by atoms with Gasteiger partial charge < -0.3 is 14.8 Å². The van der Waals surface area contributed by atoms with Crippen molar-refractivity contribution in [3.05, 3.63) is 65.4 Å². The second kappa shape index (κ2) is 6.11. The molecule has 0 unspecified atom stereocenters. The Hall–Kier alpha value is -3.05. The van der Waals surface area contributed by atoms with E-state index in [0.717, 1.165) is 28.0 Å². The van der Waals surface area contributed by atoms with Crippen molar-refractivity contribution in [1.29, 1.82) is 0 Å². The number of aromatic hydroxyl groups is 1. The van der Waals surface area contributed by atoms with Crippen LogP contribution < -0.4 is 5.32 Å². The van der Waals surface area contributed by atoms with Crippen LogP contribution in [-0.4, -0.2) is 15.1 Å². The molecule has 124 valence electrons. The normalized spacial score (nSPS) is 11.0. The van der Waals surface area contributed by atoms with Crippen LogP contribution in [0.25, 0.3) is 22.4 Å². The maximum Gasteiger partial charge on any atom is 0.232 e. The number of nitrogens with one attached hydrogen (secondary N) is 1. The molecule has 4 rings (SSSR count). The quantitative estimate of drug-likeness (QED) is 0.524. The minimum Gasteiger partial charge on any atom is -0.508 e. The van der Waals surface area contributed by atoms with Crippen molar-refractivity contribution in [2.75, 3.05) is 5.32 Å². The van der Waals surface area contributed by atoms with Crippen LogP contribution in [0.4, 0.5) is 11.5 Å². The van der Waals surface area contributed by atoms with Crippen LogP contribution in [0.2, 0.25) is 5.02 Å². The Morgan fingerprint density at radius 2 is 1.88 bits per heavy atom. The number of halogens is 1. The molecular weight excluding hydrogens is 338 g/mol. The van der Waals surface area contributed by atoms with Crippen LogP contribution in [0.5, 0.6) is 5.75 Å². The summed E-state index contributed by atoms with van der Waals surface area (Å²) in [4.78, 5) is 8.56. The van der Waals surface area contributed by atoms with Gasteiger partial charge in [-0.2, -0.15) is 0 Å². The average Bonchev–Trinajstić information content (AvgIpc) is 2.94. The number of aromatic nitrogens is 2. The van der Waals surface area contributed by atoms with Crippen molar-refractivity contribution in [2.24, 2.45) is 0 Å². The van der Waals surface area contributed by atoms with Crippen molar-refractivity contribution in [3.8, 4) is 17.1 Å². The lowest BCUT2D eigenvalue weighted by Gasteiger charge is -2.06. The lowest BCUT2D eigenvalue weighted by atomic mass is 10.1. The van der Waals surface area contributed by atoms with Crippen LogP contribution in [-0.2, 0) is 0 Å². The van der Waals surface area contributed by atoms with Crippen molar-refractivity contribution in [3.63, 3.8) is 0 Å². The Bertz CT molecular complexity index is 1060. The fraction of sp³-hybridized carbons (Fsp3) is 0.0526. The molecule has 0 spiro atoms. The van der Waals surface area contributed by atoms with Gasteiger partial charge in [-0.1, -0.05) is 17.7 Å². The minimum atomic E-state index is 0.182. The number of phenols is 1. The number of fused-ring (bicyclic) bond motifs is 1. The molecule has 2 aromatic heterocycles. The molecule has 25 heavy (non-hydrogen) atoms. The molecule has 2 N–H and O–H groups in total. The van der Waals surface area contributed by atoms with Crippen LogP contribution in [0.15, 0.2) is 59.3 Å². The van der Waals surface area contributed by atoms with E-state index in [9.17, 15) is 5.11 Å². The molecule has 2 aromatic carbocycles. The molecular formula is C19H14ClN3O2. The van der Waals surface area contributed by atoms with E-state index < -0.39 is 0 Å². The predicted octanol–water partition coefficient (Wildman–Crippen LogP) is 5.30. The van der Waals surface area contributed by atoms with E-state index in [1.54, 1.807) is 18.2 Å². The van der Waals surface area contributed by atoms with E-state index in [1.807, 2.05) is 37.3 Å². The van der Waals surface area contributed by atoms with Crippen LogP contribution in [0.3, 0.4) is 0 Å². The smallest absolute Gasteiger partial charge is 0.232 e. The lowest BCUT2D eigenvalue weighted by molar-refractivity contribution is 0.475. The summed E-state index contributed by atoms with van der Waals surface area (Å²) in [6, 6.07) is 14.3.